The normalized spacial score (nSPS) is 6.50. The highest BCUT2D eigenvalue weighted by Gasteiger charge is 1.92. The molecule has 0 aromatic carbocycles. The van der Waals surface area contributed by atoms with Gasteiger partial charge in [-0.3, -0.25) is 0 Å². The van der Waals surface area contributed by atoms with Gasteiger partial charge in [0.15, 0.2) is 0 Å². The predicted molar refractivity (Wildman–Crippen MR) is 9.16 cm³/mol. The van der Waals surface area contributed by atoms with Crippen molar-refractivity contribution in [1.82, 2.24) is 0 Å². The van der Waals surface area contributed by atoms with Crippen molar-refractivity contribution >= 4 is 6.29 Å². The third-order valence-electron chi connectivity index (χ3n) is 0. The molecule has 0 aromatic rings. The van der Waals surface area contributed by atoms with Gasteiger partial charge in [0.25, 0.3) is 0 Å². The molecule has 0 aromatic heterocycles. The van der Waals surface area contributed by atoms with Gasteiger partial charge in [0.05, 0.1) is 0 Å². The minimum absolute atomic E-state index is 2.58. The molecule has 3 heteroatoms. The van der Waals surface area contributed by atoms with Crippen LogP contribution in [0.3, 0.4) is 0 Å². The molecule has 0 aliphatic heterocycles. The maximum atomic E-state index is 9.81. The Morgan fingerprint density at radius 1 is 1.50 bits per heavy atom. The van der Waals surface area contributed by atoms with E-state index in [4.69, 9.17) is 4.79 Å². The first-order valence-corrected chi connectivity index (χ1v) is 0.602. The second kappa shape index (κ2) is 0.925. The molecule has 0 bridgehead atoms. The van der Waals surface area contributed by atoms with E-state index in [9.17, 15) is 8.78 Å². The zero-order valence-corrected chi connectivity index (χ0v) is 1.70. The van der Waals surface area contributed by atoms with Crippen LogP contribution in [0.1, 0.15) is 0 Å². The lowest BCUT2D eigenvalue weighted by molar-refractivity contribution is 0.471. The lowest BCUT2D eigenvalue weighted by Gasteiger charge is -1.34. The maximum absolute atomic E-state index is 9.81. The second-order valence-electron chi connectivity index (χ2n) is 0.240. The smallest absolute Gasteiger partial charge is 0.221 e. The first-order chi connectivity index (χ1) is 1.73. The second-order valence-corrected chi connectivity index (χ2v) is 0.240. The molecule has 0 aliphatic carbocycles. The maximum Gasteiger partial charge on any atom is 0.690 e. The van der Waals surface area contributed by atoms with Crippen LogP contribution >= 0.6 is 0 Å². The summed E-state index contributed by atoms with van der Waals surface area (Å²) < 4.78 is 19.6. The van der Waals surface area contributed by atoms with Crippen LogP contribution in [-0.2, 0) is 0 Å². The zero-order chi connectivity index (χ0) is 3.58. The SMILES string of the molecule is [OH+]=C(F)F. The topological polar surface area (TPSA) is 21.4 Å². The predicted octanol–water partition coefficient (Wildman–Crippen LogP) is 0.385. The molecule has 0 unspecified atom stereocenters. The van der Waals surface area contributed by atoms with E-state index < -0.39 is 6.29 Å². The largest absolute Gasteiger partial charge is 0.690 e. The minimum atomic E-state index is -2.58. The van der Waals surface area contributed by atoms with Crippen molar-refractivity contribution in [2.45, 2.75) is 0 Å². The molecule has 4 heavy (non-hydrogen) atoms. The quantitative estimate of drug-likeness (QED) is 0.288. The number of carbonyl (C=O) groups excluding carboxylic acids is 1. The fourth-order valence-corrected chi connectivity index (χ4v) is 0. The molecule has 0 saturated carbocycles. The third-order valence-corrected chi connectivity index (χ3v) is 0. The summed E-state index contributed by atoms with van der Waals surface area (Å²) in [7, 11) is 0. The summed E-state index contributed by atoms with van der Waals surface area (Å²) in [6.45, 7) is 0. The molecule has 0 saturated heterocycles. The van der Waals surface area contributed by atoms with Crippen LogP contribution < -0.4 is 0 Å². The Bertz CT molecular complexity index is 29.0. The Balaban J connectivity index is 2.80. The minimum Gasteiger partial charge on any atom is -0.221 e. The fourth-order valence-electron chi connectivity index (χ4n) is 0. The molecule has 0 atom stereocenters. The Kier molecular flexibility index (Phi) is 0.817. The van der Waals surface area contributed by atoms with Gasteiger partial charge in [0.2, 0.25) is 0 Å². The Morgan fingerprint density at radius 3 is 1.50 bits per heavy atom. The Labute approximate surface area is 21.2 Å². The number of hydrogen-bond acceptors (Lipinski definition) is 0. The van der Waals surface area contributed by atoms with Gasteiger partial charge >= 0.3 is 6.29 Å². The van der Waals surface area contributed by atoms with Crippen LogP contribution in [0.5, 0.6) is 0 Å². The first-order valence-electron chi connectivity index (χ1n) is 0.602. The van der Waals surface area contributed by atoms with Crippen molar-refractivity contribution in [3.8, 4) is 0 Å². The molecule has 0 aliphatic rings. The lowest BCUT2D eigenvalue weighted by atomic mass is 11.6. The number of rotatable bonds is 0. The van der Waals surface area contributed by atoms with Crippen LogP contribution in [0.15, 0.2) is 0 Å². The van der Waals surface area contributed by atoms with Crippen LogP contribution in [0.2, 0.25) is 0 Å². The highest BCUT2D eigenvalue weighted by molar-refractivity contribution is 5.56. The van der Waals surface area contributed by atoms with Crippen molar-refractivity contribution in [3.05, 3.63) is 0 Å². The van der Waals surface area contributed by atoms with Gasteiger partial charge in [-0.05, 0) is 0 Å². The summed E-state index contributed by atoms with van der Waals surface area (Å²) >= 11 is 0. The number of hydrogen-bond donors (Lipinski definition) is 0. The lowest BCUT2D eigenvalue weighted by Crippen LogP contribution is -1.63. The summed E-state index contributed by atoms with van der Waals surface area (Å²) in [5.74, 6) is 0. The molecule has 0 radical (unpaired) electrons. The van der Waals surface area contributed by atoms with Gasteiger partial charge in [0.1, 0.15) is 0 Å². The van der Waals surface area contributed by atoms with E-state index >= 15 is 0 Å². The van der Waals surface area contributed by atoms with E-state index in [2.05, 4.69) is 0 Å². The van der Waals surface area contributed by atoms with Crippen molar-refractivity contribution in [2.75, 3.05) is 0 Å². The molecule has 0 heterocycles. The molecule has 1 N–H and O–H groups in total. The van der Waals surface area contributed by atoms with E-state index in [-0.39, 0.29) is 0 Å². The van der Waals surface area contributed by atoms with Crippen molar-refractivity contribution in [2.24, 2.45) is 0 Å². The van der Waals surface area contributed by atoms with E-state index in [0.29, 0.717) is 0 Å². The zero-order valence-electron chi connectivity index (χ0n) is 1.70. The summed E-state index contributed by atoms with van der Waals surface area (Å²) in [5.41, 5.74) is 0. The van der Waals surface area contributed by atoms with Gasteiger partial charge in [-0.1, -0.05) is 8.78 Å². The molecule has 0 fully saturated rings. The van der Waals surface area contributed by atoms with Crippen molar-refractivity contribution in [1.29, 1.82) is 0 Å². The molecule has 0 spiro atoms. The summed E-state index contributed by atoms with van der Waals surface area (Å²) in [5, 5.41) is 0. The fraction of sp³-hybridized carbons (Fsp3) is 0. The third kappa shape index (κ3) is 1.95. The highest BCUT2D eigenvalue weighted by atomic mass is 19.3. The van der Waals surface area contributed by atoms with Crippen LogP contribution in [0.4, 0.5) is 8.78 Å². The molecular weight excluding hydrogens is 66.0 g/mol. The molecule has 0 amide bonds. The van der Waals surface area contributed by atoms with Crippen LogP contribution in [0.25, 0.3) is 0 Å². The Morgan fingerprint density at radius 2 is 1.50 bits per heavy atom. The molecular formula is CHF2O+. The van der Waals surface area contributed by atoms with Crippen LogP contribution in [0, 0.1) is 0 Å². The van der Waals surface area contributed by atoms with E-state index in [1.165, 1.54) is 0 Å². The molecule has 0 rings (SSSR count). The van der Waals surface area contributed by atoms with Crippen molar-refractivity contribution < 1.29 is 13.6 Å². The summed E-state index contributed by atoms with van der Waals surface area (Å²) in [6.07, 6.45) is -2.58. The average Bonchev–Trinajstić information content (AvgIpc) is 0.811. The standard InChI is InChI=1S/CF2O/c2-1(3)4/p+1. The van der Waals surface area contributed by atoms with Gasteiger partial charge in [-0.25, -0.2) is 4.79 Å². The van der Waals surface area contributed by atoms with Gasteiger partial charge in [-0.15, -0.1) is 0 Å². The highest BCUT2D eigenvalue weighted by Crippen LogP contribution is 1.63. The average molecular weight is 67.0 g/mol. The molecule has 24 valence electrons. The van der Waals surface area contributed by atoms with E-state index in [0.717, 1.165) is 0 Å². The van der Waals surface area contributed by atoms with Gasteiger partial charge in [-0.2, -0.15) is 0 Å². The number of halogens is 2. The van der Waals surface area contributed by atoms with Gasteiger partial charge < -0.3 is 0 Å². The van der Waals surface area contributed by atoms with E-state index in [1.807, 2.05) is 0 Å². The van der Waals surface area contributed by atoms with Crippen LogP contribution in [-0.4, -0.2) is 11.1 Å². The summed E-state index contributed by atoms with van der Waals surface area (Å²) in [4.78, 5) is 6.64. The summed E-state index contributed by atoms with van der Waals surface area (Å²) in [6, 6.07) is 0. The monoisotopic (exact) mass is 67.0 g/mol. The Hall–Kier alpha value is -0.470. The first kappa shape index (κ1) is 3.53. The van der Waals surface area contributed by atoms with Gasteiger partial charge in [0, 0.05) is 0 Å². The van der Waals surface area contributed by atoms with E-state index in [1.54, 1.807) is 0 Å². The van der Waals surface area contributed by atoms with Crippen molar-refractivity contribution in [3.63, 3.8) is 0 Å². The molecule has 1 nitrogen and oxygen atoms in total.